The molecular formula is C15H17NO. The van der Waals surface area contributed by atoms with Crippen LogP contribution >= 0.6 is 0 Å². The van der Waals surface area contributed by atoms with E-state index >= 15 is 0 Å². The van der Waals surface area contributed by atoms with Crippen LogP contribution < -0.4 is 10.5 Å². The summed E-state index contributed by atoms with van der Waals surface area (Å²) in [5.74, 6) is 0.925. The molecule has 2 nitrogen and oxygen atoms in total. The molecule has 0 fully saturated rings. The van der Waals surface area contributed by atoms with Crippen molar-refractivity contribution < 1.29 is 4.74 Å². The maximum absolute atomic E-state index is 5.72. The Labute approximate surface area is 102 Å². The first-order valence-corrected chi connectivity index (χ1v) is 5.78. The van der Waals surface area contributed by atoms with Gasteiger partial charge in [-0.15, -0.1) is 0 Å². The van der Waals surface area contributed by atoms with Crippen LogP contribution in [0.2, 0.25) is 0 Å². The number of nitrogens with two attached hydrogens (primary N) is 1. The molecule has 0 saturated heterocycles. The van der Waals surface area contributed by atoms with E-state index < -0.39 is 0 Å². The third-order valence-electron chi connectivity index (χ3n) is 2.60. The second-order valence-corrected chi connectivity index (χ2v) is 4.16. The van der Waals surface area contributed by atoms with Gasteiger partial charge in [-0.25, -0.2) is 0 Å². The fraction of sp³-hybridized carbons (Fsp3) is 0.200. The van der Waals surface area contributed by atoms with Crippen LogP contribution in [0.4, 0.5) is 5.69 Å². The fourth-order valence-corrected chi connectivity index (χ4v) is 1.74. The molecule has 2 aromatic carbocycles. The van der Waals surface area contributed by atoms with E-state index in [2.05, 4.69) is 19.1 Å². The van der Waals surface area contributed by atoms with Gasteiger partial charge in [-0.05, 0) is 42.3 Å². The Bertz CT molecular complexity index is 448. The predicted molar refractivity (Wildman–Crippen MR) is 71.2 cm³/mol. The van der Waals surface area contributed by atoms with E-state index in [1.165, 1.54) is 11.1 Å². The van der Waals surface area contributed by atoms with E-state index in [9.17, 15) is 0 Å². The highest BCUT2D eigenvalue weighted by Gasteiger charge is 1.96. The highest BCUT2D eigenvalue weighted by atomic mass is 16.5. The van der Waals surface area contributed by atoms with Crippen molar-refractivity contribution in [1.82, 2.24) is 0 Å². The van der Waals surface area contributed by atoms with Crippen LogP contribution in [-0.2, 0) is 6.42 Å². The highest BCUT2D eigenvalue weighted by molar-refractivity contribution is 5.40. The Balaban J connectivity index is 1.87. The normalized spacial score (nSPS) is 10.2. The number of hydrogen-bond acceptors (Lipinski definition) is 2. The molecule has 0 saturated carbocycles. The first kappa shape index (κ1) is 11.5. The Morgan fingerprint density at radius 2 is 1.88 bits per heavy atom. The van der Waals surface area contributed by atoms with Crippen LogP contribution in [0.25, 0.3) is 0 Å². The predicted octanol–water partition coefficient (Wildman–Crippen LogP) is 3.20. The van der Waals surface area contributed by atoms with E-state index in [-0.39, 0.29) is 0 Å². The number of hydrogen-bond donors (Lipinski definition) is 1. The number of aryl methyl sites for hydroxylation is 1. The zero-order valence-corrected chi connectivity index (χ0v) is 10.0. The first-order valence-electron chi connectivity index (χ1n) is 5.78. The number of nitrogen functional groups attached to an aromatic ring is 1. The third kappa shape index (κ3) is 3.52. The van der Waals surface area contributed by atoms with Gasteiger partial charge in [-0.3, -0.25) is 0 Å². The van der Waals surface area contributed by atoms with E-state index in [0.29, 0.717) is 6.61 Å². The minimum Gasteiger partial charge on any atom is -0.493 e. The summed E-state index contributed by atoms with van der Waals surface area (Å²) in [6.07, 6.45) is 0.874. The largest absolute Gasteiger partial charge is 0.493 e. The van der Waals surface area contributed by atoms with Crippen molar-refractivity contribution in [3.8, 4) is 5.75 Å². The summed E-state index contributed by atoms with van der Waals surface area (Å²) in [5, 5.41) is 0. The van der Waals surface area contributed by atoms with Crippen LogP contribution in [0.5, 0.6) is 5.75 Å². The highest BCUT2D eigenvalue weighted by Crippen LogP contribution is 2.13. The maximum atomic E-state index is 5.72. The van der Waals surface area contributed by atoms with Gasteiger partial charge in [0.25, 0.3) is 0 Å². The lowest BCUT2D eigenvalue weighted by Gasteiger charge is -2.07. The standard InChI is InChI=1S/C15H17NO/c1-12-4-2-7-15(10-12)17-9-8-13-5-3-6-14(16)11-13/h2-7,10-11H,8-9,16H2,1H3. The zero-order valence-electron chi connectivity index (χ0n) is 10.0. The first-order chi connectivity index (χ1) is 8.24. The van der Waals surface area contributed by atoms with Gasteiger partial charge in [0.15, 0.2) is 0 Å². The van der Waals surface area contributed by atoms with E-state index in [0.717, 1.165) is 17.9 Å². The van der Waals surface area contributed by atoms with Gasteiger partial charge in [-0.2, -0.15) is 0 Å². The molecule has 0 aliphatic rings. The van der Waals surface area contributed by atoms with Crippen molar-refractivity contribution in [2.24, 2.45) is 0 Å². The lowest BCUT2D eigenvalue weighted by molar-refractivity contribution is 0.322. The Kier molecular flexibility index (Phi) is 3.66. The second kappa shape index (κ2) is 5.39. The van der Waals surface area contributed by atoms with Gasteiger partial charge >= 0.3 is 0 Å². The lowest BCUT2D eigenvalue weighted by Crippen LogP contribution is -2.01. The van der Waals surface area contributed by atoms with E-state index in [4.69, 9.17) is 10.5 Å². The molecule has 0 amide bonds. The number of benzene rings is 2. The van der Waals surface area contributed by atoms with Gasteiger partial charge in [0.2, 0.25) is 0 Å². The van der Waals surface area contributed by atoms with Crippen LogP contribution in [-0.4, -0.2) is 6.61 Å². The summed E-state index contributed by atoms with van der Waals surface area (Å²) in [4.78, 5) is 0. The number of ether oxygens (including phenoxy) is 1. The Hall–Kier alpha value is -1.96. The maximum Gasteiger partial charge on any atom is 0.119 e. The Morgan fingerprint density at radius 3 is 2.65 bits per heavy atom. The molecule has 17 heavy (non-hydrogen) atoms. The topological polar surface area (TPSA) is 35.2 Å². The van der Waals surface area contributed by atoms with Gasteiger partial charge in [0.05, 0.1) is 6.61 Å². The average Bonchev–Trinajstić information content (AvgIpc) is 2.29. The van der Waals surface area contributed by atoms with Crippen LogP contribution in [0.3, 0.4) is 0 Å². The molecule has 2 heteroatoms. The van der Waals surface area contributed by atoms with Crippen molar-refractivity contribution in [1.29, 1.82) is 0 Å². The quantitative estimate of drug-likeness (QED) is 0.814. The molecule has 0 radical (unpaired) electrons. The molecule has 0 heterocycles. The summed E-state index contributed by atoms with van der Waals surface area (Å²) in [6.45, 7) is 2.73. The minimum atomic E-state index is 0.674. The lowest BCUT2D eigenvalue weighted by atomic mass is 10.1. The molecular weight excluding hydrogens is 210 g/mol. The number of rotatable bonds is 4. The molecule has 2 rings (SSSR count). The number of anilines is 1. The molecule has 2 N–H and O–H groups in total. The second-order valence-electron chi connectivity index (χ2n) is 4.16. The molecule has 88 valence electrons. The molecule has 0 bridgehead atoms. The fourth-order valence-electron chi connectivity index (χ4n) is 1.74. The zero-order chi connectivity index (χ0) is 12.1. The molecule has 0 aliphatic heterocycles. The van der Waals surface area contributed by atoms with Crippen molar-refractivity contribution in [2.75, 3.05) is 12.3 Å². The van der Waals surface area contributed by atoms with E-state index in [1.807, 2.05) is 36.4 Å². The van der Waals surface area contributed by atoms with Crippen molar-refractivity contribution in [2.45, 2.75) is 13.3 Å². The molecule has 0 atom stereocenters. The molecule has 2 aromatic rings. The van der Waals surface area contributed by atoms with Crippen LogP contribution in [0.1, 0.15) is 11.1 Å². The van der Waals surface area contributed by atoms with Crippen LogP contribution in [0.15, 0.2) is 48.5 Å². The van der Waals surface area contributed by atoms with Gasteiger partial charge < -0.3 is 10.5 Å². The third-order valence-corrected chi connectivity index (χ3v) is 2.60. The summed E-state index contributed by atoms with van der Waals surface area (Å²) < 4.78 is 5.69. The smallest absolute Gasteiger partial charge is 0.119 e. The average molecular weight is 227 g/mol. The van der Waals surface area contributed by atoms with Gasteiger partial charge in [0, 0.05) is 12.1 Å². The Morgan fingerprint density at radius 1 is 1.06 bits per heavy atom. The monoisotopic (exact) mass is 227 g/mol. The van der Waals surface area contributed by atoms with Gasteiger partial charge in [0.1, 0.15) is 5.75 Å². The van der Waals surface area contributed by atoms with Gasteiger partial charge in [-0.1, -0.05) is 24.3 Å². The molecule has 0 aliphatic carbocycles. The molecule has 0 unspecified atom stereocenters. The van der Waals surface area contributed by atoms with Crippen molar-refractivity contribution in [3.63, 3.8) is 0 Å². The van der Waals surface area contributed by atoms with E-state index in [1.54, 1.807) is 0 Å². The van der Waals surface area contributed by atoms with Crippen molar-refractivity contribution in [3.05, 3.63) is 59.7 Å². The molecule has 0 aromatic heterocycles. The summed E-state index contributed by atoms with van der Waals surface area (Å²) in [7, 11) is 0. The summed E-state index contributed by atoms with van der Waals surface area (Å²) in [6, 6.07) is 16.0. The van der Waals surface area contributed by atoms with Crippen LogP contribution in [0, 0.1) is 6.92 Å². The summed E-state index contributed by atoms with van der Waals surface area (Å²) in [5.41, 5.74) is 8.94. The summed E-state index contributed by atoms with van der Waals surface area (Å²) >= 11 is 0. The van der Waals surface area contributed by atoms with Crippen molar-refractivity contribution >= 4 is 5.69 Å². The SMILES string of the molecule is Cc1cccc(OCCc2cccc(N)c2)c1. The molecule has 0 spiro atoms. The minimum absolute atomic E-state index is 0.674.